The first-order valence-electron chi connectivity index (χ1n) is 9.20. The standard InChI is InChI=1S/C22H28N2O2/c1-16-8-4-5-9-17(16)14-26-19-11-7-6-10-18(19)21(25)24-13-12-20(23)22(2,3)15-24/h4-11,20H,12-15,23H2,1-3H3. The Hall–Kier alpha value is -2.33. The molecule has 0 aliphatic carbocycles. The Morgan fingerprint density at radius 3 is 2.62 bits per heavy atom. The number of para-hydroxylation sites is 1. The Morgan fingerprint density at radius 1 is 1.19 bits per heavy atom. The van der Waals surface area contributed by atoms with E-state index in [-0.39, 0.29) is 17.4 Å². The van der Waals surface area contributed by atoms with Crippen LogP contribution in [0.15, 0.2) is 48.5 Å². The molecular weight excluding hydrogens is 324 g/mol. The van der Waals surface area contributed by atoms with E-state index in [0.29, 0.717) is 31.0 Å². The third-order valence-corrected chi connectivity index (χ3v) is 5.36. The minimum atomic E-state index is -0.0785. The third-order valence-electron chi connectivity index (χ3n) is 5.36. The number of carbonyl (C=O) groups is 1. The fraction of sp³-hybridized carbons (Fsp3) is 0.409. The van der Waals surface area contributed by atoms with Crippen molar-refractivity contribution >= 4 is 5.91 Å². The molecule has 4 nitrogen and oxygen atoms in total. The van der Waals surface area contributed by atoms with Crippen molar-refractivity contribution in [2.24, 2.45) is 11.1 Å². The first-order chi connectivity index (χ1) is 12.4. The normalized spacial score (nSPS) is 19.2. The van der Waals surface area contributed by atoms with E-state index in [4.69, 9.17) is 10.5 Å². The largest absolute Gasteiger partial charge is 0.488 e. The van der Waals surface area contributed by atoms with Gasteiger partial charge in [0.1, 0.15) is 12.4 Å². The number of ether oxygens (including phenoxy) is 1. The average molecular weight is 352 g/mol. The van der Waals surface area contributed by atoms with Crippen LogP contribution in [0.1, 0.15) is 41.8 Å². The van der Waals surface area contributed by atoms with Crippen molar-refractivity contribution in [3.63, 3.8) is 0 Å². The summed E-state index contributed by atoms with van der Waals surface area (Å²) in [7, 11) is 0. The van der Waals surface area contributed by atoms with Crippen molar-refractivity contribution in [1.29, 1.82) is 0 Å². The van der Waals surface area contributed by atoms with Crippen LogP contribution in [0, 0.1) is 12.3 Å². The van der Waals surface area contributed by atoms with Gasteiger partial charge in [0, 0.05) is 19.1 Å². The summed E-state index contributed by atoms with van der Waals surface area (Å²) >= 11 is 0. The zero-order chi connectivity index (χ0) is 18.7. The monoisotopic (exact) mass is 352 g/mol. The number of likely N-dealkylation sites (tertiary alicyclic amines) is 1. The van der Waals surface area contributed by atoms with Crippen molar-refractivity contribution in [2.45, 2.75) is 39.8 Å². The van der Waals surface area contributed by atoms with Gasteiger partial charge in [-0.3, -0.25) is 4.79 Å². The molecule has 1 unspecified atom stereocenters. The summed E-state index contributed by atoms with van der Waals surface area (Å²) in [5.41, 5.74) is 9.05. The zero-order valence-corrected chi connectivity index (χ0v) is 15.9. The molecule has 2 aromatic carbocycles. The van der Waals surface area contributed by atoms with E-state index in [9.17, 15) is 4.79 Å². The molecule has 0 bridgehead atoms. The number of carbonyl (C=O) groups excluding carboxylic acids is 1. The van der Waals surface area contributed by atoms with E-state index in [1.54, 1.807) is 0 Å². The van der Waals surface area contributed by atoms with Crippen molar-refractivity contribution in [3.8, 4) is 5.75 Å². The molecule has 0 radical (unpaired) electrons. The maximum Gasteiger partial charge on any atom is 0.257 e. The predicted molar refractivity (Wildman–Crippen MR) is 104 cm³/mol. The van der Waals surface area contributed by atoms with Gasteiger partial charge < -0.3 is 15.4 Å². The van der Waals surface area contributed by atoms with Gasteiger partial charge >= 0.3 is 0 Å². The molecule has 1 amide bonds. The number of aryl methyl sites for hydroxylation is 1. The summed E-state index contributed by atoms with van der Waals surface area (Å²) in [6.45, 7) is 8.12. The summed E-state index contributed by atoms with van der Waals surface area (Å²) < 4.78 is 6.02. The van der Waals surface area contributed by atoms with Crippen LogP contribution in [0.25, 0.3) is 0 Å². The van der Waals surface area contributed by atoms with Gasteiger partial charge in [-0.1, -0.05) is 50.2 Å². The molecule has 1 heterocycles. The van der Waals surface area contributed by atoms with Gasteiger partial charge in [0.25, 0.3) is 5.91 Å². The lowest BCUT2D eigenvalue weighted by molar-refractivity contribution is 0.0528. The van der Waals surface area contributed by atoms with Gasteiger partial charge in [-0.2, -0.15) is 0 Å². The first kappa shape index (κ1) is 18.5. The molecule has 1 fully saturated rings. The number of nitrogens with zero attached hydrogens (tertiary/aromatic N) is 1. The number of piperidine rings is 1. The highest BCUT2D eigenvalue weighted by atomic mass is 16.5. The van der Waals surface area contributed by atoms with Gasteiger partial charge in [-0.05, 0) is 42.0 Å². The molecule has 3 rings (SSSR count). The molecular formula is C22H28N2O2. The topological polar surface area (TPSA) is 55.6 Å². The third kappa shape index (κ3) is 3.91. The molecule has 4 heteroatoms. The number of nitrogens with two attached hydrogens (primary N) is 1. The van der Waals surface area contributed by atoms with Gasteiger partial charge in [0.05, 0.1) is 5.56 Å². The van der Waals surface area contributed by atoms with Crippen LogP contribution < -0.4 is 10.5 Å². The van der Waals surface area contributed by atoms with Crippen LogP contribution in [-0.2, 0) is 6.61 Å². The molecule has 1 aliphatic rings. The second-order valence-electron chi connectivity index (χ2n) is 7.82. The van der Waals surface area contributed by atoms with Crippen LogP contribution >= 0.6 is 0 Å². The smallest absolute Gasteiger partial charge is 0.257 e. The van der Waals surface area contributed by atoms with Gasteiger partial charge in [0.15, 0.2) is 0 Å². The summed E-state index contributed by atoms with van der Waals surface area (Å²) in [4.78, 5) is 15.0. The second kappa shape index (κ2) is 7.50. The van der Waals surface area contributed by atoms with E-state index in [2.05, 4.69) is 26.8 Å². The van der Waals surface area contributed by atoms with Crippen LogP contribution in [0.5, 0.6) is 5.75 Å². The summed E-state index contributed by atoms with van der Waals surface area (Å²) in [6, 6.07) is 15.8. The van der Waals surface area contributed by atoms with Gasteiger partial charge in [-0.15, -0.1) is 0 Å². The number of hydrogen-bond donors (Lipinski definition) is 1. The fourth-order valence-electron chi connectivity index (χ4n) is 3.41. The first-order valence-corrected chi connectivity index (χ1v) is 9.20. The highest BCUT2D eigenvalue weighted by Gasteiger charge is 2.36. The van der Waals surface area contributed by atoms with Crippen LogP contribution in [0.3, 0.4) is 0 Å². The van der Waals surface area contributed by atoms with Crippen molar-refractivity contribution < 1.29 is 9.53 Å². The Labute approximate surface area is 156 Å². The predicted octanol–water partition coefficient (Wildman–Crippen LogP) is 3.77. The molecule has 138 valence electrons. The number of rotatable bonds is 4. The Kier molecular flexibility index (Phi) is 5.33. The molecule has 2 N–H and O–H groups in total. The number of benzene rings is 2. The minimum Gasteiger partial charge on any atom is -0.488 e. The van der Waals surface area contributed by atoms with E-state index in [0.717, 1.165) is 12.0 Å². The van der Waals surface area contributed by atoms with Crippen molar-refractivity contribution in [3.05, 3.63) is 65.2 Å². The number of amides is 1. The lowest BCUT2D eigenvalue weighted by atomic mass is 9.79. The van der Waals surface area contributed by atoms with Crippen LogP contribution in [0.4, 0.5) is 0 Å². The maximum atomic E-state index is 13.1. The Morgan fingerprint density at radius 2 is 1.88 bits per heavy atom. The van der Waals surface area contributed by atoms with E-state index in [1.165, 1.54) is 5.56 Å². The molecule has 1 aliphatic heterocycles. The fourth-order valence-corrected chi connectivity index (χ4v) is 3.41. The molecule has 26 heavy (non-hydrogen) atoms. The SMILES string of the molecule is Cc1ccccc1COc1ccccc1C(=O)N1CCC(N)C(C)(C)C1. The highest BCUT2D eigenvalue weighted by molar-refractivity contribution is 5.97. The maximum absolute atomic E-state index is 13.1. The molecule has 0 spiro atoms. The Balaban J connectivity index is 1.76. The second-order valence-corrected chi connectivity index (χ2v) is 7.82. The summed E-state index contributed by atoms with van der Waals surface area (Å²) in [5, 5.41) is 0. The van der Waals surface area contributed by atoms with Crippen molar-refractivity contribution in [1.82, 2.24) is 4.90 Å². The van der Waals surface area contributed by atoms with E-state index >= 15 is 0 Å². The lowest BCUT2D eigenvalue weighted by Crippen LogP contribution is -2.54. The molecule has 1 atom stereocenters. The van der Waals surface area contributed by atoms with Gasteiger partial charge in [-0.25, -0.2) is 0 Å². The summed E-state index contributed by atoms with van der Waals surface area (Å²) in [5.74, 6) is 0.652. The average Bonchev–Trinajstić information content (AvgIpc) is 2.63. The summed E-state index contributed by atoms with van der Waals surface area (Å²) in [6.07, 6.45) is 0.824. The Bertz CT molecular complexity index is 785. The highest BCUT2D eigenvalue weighted by Crippen LogP contribution is 2.30. The van der Waals surface area contributed by atoms with E-state index in [1.807, 2.05) is 47.4 Å². The quantitative estimate of drug-likeness (QED) is 0.911. The molecule has 0 aromatic heterocycles. The molecule has 2 aromatic rings. The lowest BCUT2D eigenvalue weighted by Gasteiger charge is -2.42. The van der Waals surface area contributed by atoms with Crippen LogP contribution in [0.2, 0.25) is 0 Å². The van der Waals surface area contributed by atoms with E-state index < -0.39 is 0 Å². The minimum absolute atomic E-state index is 0.0189. The number of hydrogen-bond acceptors (Lipinski definition) is 3. The zero-order valence-electron chi connectivity index (χ0n) is 15.9. The van der Waals surface area contributed by atoms with Crippen molar-refractivity contribution in [2.75, 3.05) is 13.1 Å². The van der Waals surface area contributed by atoms with Gasteiger partial charge in [0.2, 0.25) is 0 Å². The molecule has 1 saturated heterocycles. The molecule has 0 saturated carbocycles. The van der Waals surface area contributed by atoms with Crippen LogP contribution in [-0.4, -0.2) is 29.9 Å².